The molecule has 6 nitrogen and oxygen atoms in total. The number of benzene rings is 3. The van der Waals surface area contributed by atoms with Crippen LogP contribution in [-0.2, 0) is 4.79 Å². The number of aliphatic imine (C=N–C) groups is 1. The van der Waals surface area contributed by atoms with Crippen LogP contribution >= 0.6 is 0 Å². The van der Waals surface area contributed by atoms with Crippen molar-refractivity contribution in [3.05, 3.63) is 111 Å². The van der Waals surface area contributed by atoms with Crippen LogP contribution in [0.3, 0.4) is 0 Å². The topological polar surface area (TPSA) is 75.8 Å². The molecule has 3 aromatic rings. The van der Waals surface area contributed by atoms with Crippen LogP contribution in [0.2, 0.25) is 0 Å². The molecule has 1 heterocycles. The van der Waals surface area contributed by atoms with Gasteiger partial charge in [0.2, 0.25) is 0 Å². The normalized spacial score (nSPS) is 14.9. The van der Waals surface area contributed by atoms with Gasteiger partial charge in [0.25, 0.3) is 11.6 Å². The molecule has 30 heavy (non-hydrogen) atoms. The van der Waals surface area contributed by atoms with E-state index in [1.807, 2.05) is 62.4 Å². The summed E-state index contributed by atoms with van der Waals surface area (Å²) in [6.07, 6.45) is 1.48. The van der Waals surface area contributed by atoms with Crippen molar-refractivity contribution in [3.63, 3.8) is 0 Å². The highest BCUT2D eigenvalue weighted by atomic mass is 16.6. The Morgan fingerprint density at radius 1 is 0.933 bits per heavy atom. The summed E-state index contributed by atoms with van der Waals surface area (Å²) in [6.45, 7) is 3.94. The lowest BCUT2D eigenvalue weighted by Crippen LogP contribution is -2.32. The van der Waals surface area contributed by atoms with Gasteiger partial charge in [0, 0.05) is 11.6 Å². The van der Waals surface area contributed by atoms with Crippen LogP contribution in [0.15, 0.2) is 83.5 Å². The molecule has 148 valence electrons. The molecule has 0 aromatic heterocycles. The quantitative estimate of drug-likeness (QED) is 0.351. The molecule has 0 bridgehead atoms. The molecule has 1 aliphatic rings. The van der Waals surface area contributed by atoms with Crippen molar-refractivity contribution >= 4 is 29.2 Å². The number of nitro benzene ring substituents is 1. The van der Waals surface area contributed by atoms with E-state index in [9.17, 15) is 14.9 Å². The lowest BCUT2D eigenvalue weighted by Gasteiger charge is -2.19. The SMILES string of the molecule is Cc1ccc(C2=N/C(=C/c3ccccc3[N+](=O)[O-])C(=O)N2c2cccc(C)c2)cc1. The molecule has 0 atom stereocenters. The Morgan fingerprint density at radius 3 is 2.37 bits per heavy atom. The van der Waals surface area contributed by atoms with E-state index < -0.39 is 4.92 Å². The van der Waals surface area contributed by atoms with E-state index in [0.717, 1.165) is 16.7 Å². The Labute approximate surface area is 174 Å². The van der Waals surface area contributed by atoms with Gasteiger partial charge in [-0.25, -0.2) is 4.99 Å². The predicted octanol–water partition coefficient (Wildman–Crippen LogP) is 5.05. The molecule has 0 saturated carbocycles. The first kappa shape index (κ1) is 19.3. The van der Waals surface area contributed by atoms with Crippen LogP contribution in [-0.4, -0.2) is 16.7 Å². The van der Waals surface area contributed by atoms with Gasteiger partial charge in [-0.3, -0.25) is 19.8 Å². The lowest BCUT2D eigenvalue weighted by molar-refractivity contribution is -0.385. The van der Waals surface area contributed by atoms with Gasteiger partial charge in [0.15, 0.2) is 0 Å². The second kappa shape index (κ2) is 7.75. The molecule has 0 saturated heterocycles. The fraction of sp³-hybridized carbons (Fsp3) is 0.0833. The fourth-order valence-corrected chi connectivity index (χ4v) is 3.34. The summed E-state index contributed by atoms with van der Waals surface area (Å²) in [6, 6.07) is 21.7. The number of para-hydroxylation sites is 1. The predicted molar refractivity (Wildman–Crippen MR) is 117 cm³/mol. The number of carbonyl (C=O) groups is 1. The molecule has 0 spiro atoms. The van der Waals surface area contributed by atoms with Crippen LogP contribution in [0.25, 0.3) is 6.08 Å². The monoisotopic (exact) mass is 397 g/mol. The van der Waals surface area contributed by atoms with Crippen LogP contribution < -0.4 is 4.90 Å². The maximum Gasteiger partial charge on any atom is 0.282 e. The standard InChI is InChI=1S/C24H19N3O3/c1-16-10-12-18(13-11-16)23-25-21(15-19-7-3-4-9-22(19)27(29)30)24(28)26(23)20-8-5-6-17(2)14-20/h3-15H,1-2H3/b21-15+. The van der Waals surface area contributed by atoms with Gasteiger partial charge in [-0.1, -0.05) is 54.1 Å². The summed E-state index contributed by atoms with van der Waals surface area (Å²) < 4.78 is 0. The van der Waals surface area contributed by atoms with E-state index in [-0.39, 0.29) is 17.3 Å². The number of amidine groups is 1. The maximum atomic E-state index is 13.3. The van der Waals surface area contributed by atoms with Crippen LogP contribution in [0.1, 0.15) is 22.3 Å². The van der Waals surface area contributed by atoms with Crippen molar-refractivity contribution in [2.24, 2.45) is 4.99 Å². The zero-order chi connectivity index (χ0) is 21.3. The minimum absolute atomic E-state index is 0.0705. The molecule has 0 N–H and O–H groups in total. The first-order valence-electron chi connectivity index (χ1n) is 9.46. The minimum atomic E-state index is -0.464. The van der Waals surface area contributed by atoms with Gasteiger partial charge < -0.3 is 0 Å². The number of carbonyl (C=O) groups excluding carboxylic acids is 1. The molecule has 6 heteroatoms. The number of aryl methyl sites for hydroxylation is 2. The maximum absolute atomic E-state index is 13.3. The average molecular weight is 397 g/mol. The molecule has 0 fully saturated rings. The Kier molecular flexibility index (Phi) is 4.98. The molecule has 0 radical (unpaired) electrons. The summed E-state index contributed by atoms with van der Waals surface area (Å²) in [5, 5.41) is 11.4. The molecule has 0 aliphatic carbocycles. The summed E-state index contributed by atoms with van der Waals surface area (Å²) in [7, 11) is 0. The van der Waals surface area contributed by atoms with Gasteiger partial charge in [0.1, 0.15) is 11.5 Å². The van der Waals surface area contributed by atoms with Gasteiger partial charge in [-0.05, 0) is 43.7 Å². The number of hydrogen-bond acceptors (Lipinski definition) is 4. The van der Waals surface area contributed by atoms with Crippen molar-refractivity contribution in [1.82, 2.24) is 0 Å². The largest absolute Gasteiger partial charge is 0.282 e. The highest BCUT2D eigenvalue weighted by Gasteiger charge is 2.33. The average Bonchev–Trinajstić information content (AvgIpc) is 3.05. The van der Waals surface area contributed by atoms with Crippen molar-refractivity contribution in [3.8, 4) is 0 Å². The first-order valence-corrected chi connectivity index (χ1v) is 9.46. The number of rotatable bonds is 4. The number of nitrogens with zero attached hydrogens (tertiary/aromatic N) is 3. The third-order valence-corrected chi connectivity index (χ3v) is 4.86. The summed E-state index contributed by atoms with van der Waals surface area (Å²) >= 11 is 0. The number of anilines is 1. The van der Waals surface area contributed by atoms with Crippen LogP contribution in [0.5, 0.6) is 0 Å². The van der Waals surface area contributed by atoms with Gasteiger partial charge in [0.05, 0.1) is 16.2 Å². The van der Waals surface area contributed by atoms with Gasteiger partial charge >= 0.3 is 0 Å². The van der Waals surface area contributed by atoms with Crippen molar-refractivity contribution in [2.45, 2.75) is 13.8 Å². The molecule has 1 aliphatic heterocycles. The third kappa shape index (κ3) is 3.63. The summed E-state index contributed by atoms with van der Waals surface area (Å²) in [5.41, 5.74) is 4.03. The van der Waals surface area contributed by atoms with Crippen LogP contribution in [0.4, 0.5) is 11.4 Å². The van der Waals surface area contributed by atoms with Crippen molar-refractivity contribution < 1.29 is 9.72 Å². The van der Waals surface area contributed by atoms with Crippen LogP contribution in [0, 0.1) is 24.0 Å². The van der Waals surface area contributed by atoms with E-state index in [0.29, 0.717) is 17.1 Å². The van der Waals surface area contributed by atoms with E-state index >= 15 is 0 Å². The highest BCUT2D eigenvalue weighted by molar-refractivity contribution is 6.33. The highest BCUT2D eigenvalue weighted by Crippen LogP contribution is 2.30. The molecular formula is C24H19N3O3. The van der Waals surface area contributed by atoms with E-state index in [1.54, 1.807) is 23.1 Å². The van der Waals surface area contributed by atoms with E-state index in [4.69, 9.17) is 0 Å². The lowest BCUT2D eigenvalue weighted by atomic mass is 10.1. The number of hydrogen-bond donors (Lipinski definition) is 0. The molecule has 3 aromatic carbocycles. The third-order valence-electron chi connectivity index (χ3n) is 4.86. The number of nitro groups is 1. The smallest absolute Gasteiger partial charge is 0.266 e. The minimum Gasteiger partial charge on any atom is -0.266 e. The fourth-order valence-electron chi connectivity index (χ4n) is 3.34. The Balaban J connectivity index is 1.86. The molecule has 0 unspecified atom stereocenters. The second-order valence-electron chi connectivity index (χ2n) is 7.13. The van der Waals surface area contributed by atoms with Crippen molar-refractivity contribution in [2.75, 3.05) is 4.90 Å². The molecule has 4 rings (SSSR count). The van der Waals surface area contributed by atoms with Gasteiger partial charge in [-0.2, -0.15) is 0 Å². The summed E-state index contributed by atoms with van der Waals surface area (Å²) in [5.74, 6) is 0.171. The molecular weight excluding hydrogens is 378 g/mol. The Hall–Kier alpha value is -4.06. The zero-order valence-electron chi connectivity index (χ0n) is 16.6. The van der Waals surface area contributed by atoms with E-state index in [2.05, 4.69) is 4.99 Å². The summed E-state index contributed by atoms with van der Waals surface area (Å²) in [4.78, 5) is 30.4. The Bertz CT molecular complexity index is 1210. The first-order chi connectivity index (χ1) is 14.4. The Morgan fingerprint density at radius 2 is 1.67 bits per heavy atom. The van der Waals surface area contributed by atoms with E-state index in [1.165, 1.54) is 12.1 Å². The number of amides is 1. The zero-order valence-corrected chi connectivity index (χ0v) is 16.6. The molecule has 1 amide bonds. The second-order valence-corrected chi connectivity index (χ2v) is 7.13. The van der Waals surface area contributed by atoms with Gasteiger partial charge in [-0.15, -0.1) is 0 Å². The van der Waals surface area contributed by atoms with Crippen molar-refractivity contribution in [1.29, 1.82) is 0 Å².